The van der Waals surface area contributed by atoms with Gasteiger partial charge in [0.05, 0.1) is 5.92 Å². The van der Waals surface area contributed by atoms with Crippen molar-refractivity contribution in [2.45, 2.75) is 58.0 Å². The van der Waals surface area contributed by atoms with Gasteiger partial charge in [-0.2, -0.15) is 0 Å². The van der Waals surface area contributed by atoms with Gasteiger partial charge < -0.3 is 14.9 Å². The number of likely N-dealkylation sites (tertiary alicyclic amines) is 1. The Morgan fingerprint density at radius 2 is 1.80 bits per heavy atom. The third kappa shape index (κ3) is 2.17. The van der Waals surface area contributed by atoms with Crippen LogP contribution in [0.4, 0.5) is 4.79 Å². The summed E-state index contributed by atoms with van der Waals surface area (Å²) in [6.45, 7) is 6.10. The van der Waals surface area contributed by atoms with Crippen molar-refractivity contribution in [2.24, 2.45) is 11.3 Å². The Bertz CT molecular complexity index is 425. The fourth-order valence-corrected chi connectivity index (χ4v) is 4.02. The lowest BCUT2D eigenvalue weighted by Gasteiger charge is -2.39. The van der Waals surface area contributed by atoms with Crippen molar-refractivity contribution >= 4 is 12.0 Å². The first-order valence-corrected chi connectivity index (χ1v) is 7.69. The maximum atomic E-state index is 12.7. The minimum atomic E-state index is -0.741. The molecule has 112 valence electrons. The molecule has 20 heavy (non-hydrogen) atoms. The van der Waals surface area contributed by atoms with Crippen LogP contribution in [0.5, 0.6) is 0 Å². The van der Waals surface area contributed by atoms with Gasteiger partial charge in [-0.15, -0.1) is 0 Å². The average molecular weight is 280 g/mol. The number of carbonyl (C=O) groups is 2. The molecule has 3 unspecified atom stereocenters. The van der Waals surface area contributed by atoms with Crippen LogP contribution in [0.2, 0.25) is 0 Å². The van der Waals surface area contributed by atoms with Crippen LogP contribution in [-0.4, -0.2) is 52.1 Å². The van der Waals surface area contributed by atoms with Crippen LogP contribution in [0.25, 0.3) is 0 Å². The number of carboxylic acid groups (broad SMARTS) is 1. The predicted octanol–water partition coefficient (Wildman–Crippen LogP) is 2.17. The van der Waals surface area contributed by atoms with Gasteiger partial charge in [-0.25, -0.2) is 4.79 Å². The molecule has 0 aromatic heterocycles. The Hall–Kier alpha value is -1.26. The zero-order valence-corrected chi connectivity index (χ0v) is 12.3. The topological polar surface area (TPSA) is 60.9 Å². The Morgan fingerprint density at radius 1 is 1.15 bits per heavy atom. The van der Waals surface area contributed by atoms with E-state index in [1.165, 1.54) is 0 Å². The second-order valence-electron chi connectivity index (χ2n) is 7.32. The molecule has 2 amide bonds. The number of carbonyl (C=O) groups excluding carboxylic acids is 1. The normalized spacial score (nSPS) is 35.4. The number of fused-ring (bicyclic) bond motifs is 2. The van der Waals surface area contributed by atoms with Gasteiger partial charge in [0.25, 0.3) is 0 Å². The quantitative estimate of drug-likeness (QED) is 0.800. The molecular weight excluding hydrogens is 256 g/mol. The zero-order chi connectivity index (χ0) is 14.5. The summed E-state index contributed by atoms with van der Waals surface area (Å²) in [6.07, 6.45) is 4.53. The largest absolute Gasteiger partial charge is 0.481 e. The molecule has 3 heterocycles. The van der Waals surface area contributed by atoms with Gasteiger partial charge >= 0.3 is 12.0 Å². The van der Waals surface area contributed by atoms with E-state index in [4.69, 9.17) is 0 Å². The third-order valence-corrected chi connectivity index (χ3v) is 5.46. The Labute approximate surface area is 119 Å². The van der Waals surface area contributed by atoms with E-state index in [9.17, 15) is 14.7 Å². The molecule has 3 aliphatic rings. The predicted molar refractivity (Wildman–Crippen MR) is 74.4 cm³/mol. The molecule has 0 aromatic rings. The summed E-state index contributed by atoms with van der Waals surface area (Å²) in [5, 5.41) is 9.26. The third-order valence-electron chi connectivity index (χ3n) is 5.46. The highest BCUT2D eigenvalue weighted by Gasteiger charge is 2.52. The van der Waals surface area contributed by atoms with E-state index in [0.717, 1.165) is 38.8 Å². The Morgan fingerprint density at radius 3 is 2.35 bits per heavy atom. The van der Waals surface area contributed by atoms with Crippen LogP contribution in [0, 0.1) is 11.3 Å². The zero-order valence-electron chi connectivity index (χ0n) is 12.3. The SMILES string of the molecule is CC1(C)CCN(C(=O)N2C3CCC2C(C(=O)O)C3)CC1. The van der Waals surface area contributed by atoms with Crippen molar-refractivity contribution < 1.29 is 14.7 Å². The molecule has 0 saturated carbocycles. The summed E-state index contributed by atoms with van der Waals surface area (Å²) in [5.74, 6) is -1.09. The first-order chi connectivity index (χ1) is 9.39. The van der Waals surface area contributed by atoms with Gasteiger partial charge in [0.1, 0.15) is 0 Å². The molecule has 3 saturated heterocycles. The number of rotatable bonds is 1. The molecule has 3 rings (SSSR count). The summed E-state index contributed by atoms with van der Waals surface area (Å²) in [6, 6.07) is 0.167. The lowest BCUT2D eigenvalue weighted by Crippen LogP contribution is -2.50. The molecule has 5 heteroatoms. The number of hydrogen-bond acceptors (Lipinski definition) is 2. The number of piperidine rings is 1. The smallest absolute Gasteiger partial charge is 0.320 e. The molecule has 0 aliphatic carbocycles. The van der Waals surface area contributed by atoms with Crippen molar-refractivity contribution in [3.63, 3.8) is 0 Å². The number of amides is 2. The second-order valence-corrected chi connectivity index (χ2v) is 7.32. The molecule has 0 spiro atoms. The van der Waals surface area contributed by atoms with E-state index >= 15 is 0 Å². The number of nitrogens with zero attached hydrogens (tertiary/aromatic N) is 2. The highest BCUT2D eigenvalue weighted by Crippen LogP contribution is 2.43. The fraction of sp³-hybridized carbons (Fsp3) is 0.867. The van der Waals surface area contributed by atoms with E-state index in [2.05, 4.69) is 13.8 Å². The Balaban J connectivity index is 1.68. The highest BCUT2D eigenvalue weighted by molar-refractivity contribution is 5.79. The van der Waals surface area contributed by atoms with Crippen molar-refractivity contribution in [3.05, 3.63) is 0 Å². The maximum absolute atomic E-state index is 12.7. The molecule has 1 N–H and O–H groups in total. The van der Waals surface area contributed by atoms with Crippen LogP contribution >= 0.6 is 0 Å². The van der Waals surface area contributed by atoms with E-state index in [-0.39, 0.29) is 24.0 Å². The molecule has 3 fully saturated rings. The van der Waals surface area contributed by atoms with Gasteiger partial charge in [-0.3, -0.25) is 4.79 Å². The number of hydrogen-bond donors (Lipinski definition) is 1. The molecule has 5 nitrogen and oxygen atoms in total. The number of carboxylic acids is 1. The van der Waals surface area contributed by atoms with Gasteiger partial charge in [-0.1, -0.05) is 13.8 Å². The van der Waals surface area contributed by atoms with Crippen LogP contribution in [-0.2, 0) is 4.79 Å². The minimum absolute atomic E-state index is 0.0695. The summed E-state index contributed by atoms with van der Waals surface area (Å²) in [5.41, 5.74) is 0.324. The molecule has 2 bridgehead atoms. The Kier molecular flexibility index (Phi) is 3.18. The van der Waals surface area contributed by atoms with E-state index in [0.29, 0.717) is 11.8 Å². The minimum Gasteiger partial charge on any atom is -0.481 e. The van der Waals surface area contributed by atoms with E-state index in [1.54, 1.807) is 0 Å². The number of aliphatic carboxylic acids is 1. The van der Waals surface area contributed by atoms with Crippen LogP contribution in [0.3, 0.4) is 0 Å². The maximum Gasteiger partial charge on any atom is 0.320 e. The van der Waals surface area contributed by atoms with Gasteiger partial charge in [0, 0.05) is 25.2 Å². The van der Waals surface area contributed by atoms with E-state index in [1.807, 2.05) is 9.80 Å². The van der Waals surface area contributed by atoms with Crippen molar-refractivity contribution in [3.8, 4) is 0 Å². The summed E-state index contributed by atoms with van der Waals surface area (Å²) >= 11 is 0. The van der Waals surface area contributed by atoms with Gasteiger partial charge in [0.15, 0.2) is 0 Å². The summed E-state index contributed by atoms with van der Waals surface area (Å²) < 4.78 is 0. The lowest BCUT2D eigenvalue weighted by molar-refractivity contribution is -0.142. The number of urea groups is 1. The van der Waals surface area contributed by atoms with Crippen LogP contribution in [0.1, 0.15) is 46.0 Å². The van der Waals surface area contributed by atoms with Gasteiger partial charge in [-0.05, 0) is 37.5 Å². The lowest BCUT2D eigenvalue weighted by atomic mass is 9.83. The van der Waals surface area contributed by atoms with Gasteiger partial charge in [0.2, 0.25) is 0 Å². The highest BCUT2D eigenvalue weighted by atomic mass is 16.4. The van der Waals surface area contributed by atoms with Crippen LogP contribution in [0.15, 0.2) is 0 Å². The van der Waals surface area contributed by atoms with Crippen LogP contribution < -0.4 is 0 Å². The molecular formula is C15H24N2O3. The first-order valence-electron chi connectivity index (χ1n) is 7.69. The molecule has 0 radical (unpaired) electrons. The first kappa shape index (κ1) is 13.7. The van der Waals surface area contributed by atoms with E-state index < -0.39 is 5.97 Å². The van der Waals surface area contributed by atoms with Crippen molar-refractivity contribution in [2.75, 3.05) is 13.1 Å². The molecule has 3 aliphatic heterocycles. The standard InChI is InChI=1S/C15H24N2O3/c1-15(2)5-7-16(8-6-15)14(20)17-10-3-4-12(17)11(9-10)13(18)19/h10-12H,3-9H2,1-2H3,(H,18,19). The summed E-state index contributed by atoms with van der Waals surface area (Å²) in [7, 11) is 0. The second kappa shape index (κ2) is 4.64. The monoisotopic (exact) mass is 280 g/mol. The molecule has 0 aromatic carbocycles. The fourth-order valence-electron chi connectivity index (χ4n) is 4.02. The average Bonchev–Trinajstić information content (AvgIpc) is 2.95. The van der Waals surface area contributed by atoms with Crippen molar-refractivity contribution in [1.82, 2.24) is 9.80 Å². The van der Waals surface area contributed by atoms with Crippen molar-refractivity contribution in [1.29, 1.82) is 0 Å². The summed E-state index contributed by atoms with van der Waals surface area (Å²) in [4.78, 5) is 27.8. The molecule has 3 atom stereocenters.